The molecule has 20 heavy (non-hydrogen) atoms. The van der Waals surface area contributed by atoms with Crippen molar-refractivity contribution >= 4 is 11.6 Å². The smallest absolute Gasteiger partial charge is 0.406 e. The Labute approximate surface area is 114 Å². The van der Waals surface area contributed by atoms with Crippen molar-refractivity contribution in [3.63, 3.8) is 0 Å². The maximum Gasteiger partial charge on any atom is 0.573 e. The van der Waals surface area contributed by atoms with E-state index in [1.807, 2.05) is 6.92 Å². The highest BCUT2D eigenvalue weighted by molar-refractivity contribution is 5.93. The number of alkyl halides is 3. The van der Waals surface area contributed by atoms with Crippen molar-refractivity contribution in [3.8, 4) is 5.75 Å². The zero-order chi connectivity index (χ0) is 14.8. The van der Waals surface area contributed by atoms with Gasteiger partial charge < -0.3 is 15.4 Å². The lowest BCUT2D eigenvalue weighted by Gasteiger charge is -2.14. The third-order valence-electron chi connectivity index (χ3n) is 3.21. The average molecular weight is 288 g/mol. The number of hydrogen-bond donors (Lipinski definition) is 2. The summed E-state index contributed by atoms with van der Waals surface area (Å²) in [6.07, 6.45) is -4.71. The number of ether oxygens (including phenoxy) is 1. The highest BCUT2D eigenvalue weighted by Crippen LogP contribution is 2.24. The van der Waals surface area contributed by atoms with Gasteiger partial charge in [0.15, 0.2) is 0 Å². The molecule has 1 aliphatic rings. The first-order valence-corrected chi connectivity index (χ1v) is 6.22. The van der Waals surface area contributed by atoms with Crippen LogP contribution in [0.1, 0.15) is 6.92 Å². The lowest BCUT2D eigenvalue weighted by Crippen LogP contribution is -2.27. The molecule has 0 saturated carbocycles. The lowest BCUT2D eigenvalue weighted by atomic mass is 9.97. The summed E-state index contributed by atoms with van der Waals surface area (Å²) in [7, 11) is 0. The first-order chi connectivity index (χ1) is 9.35. The third kappa shape index (κ3) is 3.86. The van der Waals surface area contributed by atoms with Gasteiger partial charge in [0.1, 0.15) is 5.75 Å². The molecule has 110 valence electrons. The number of anilines is 1. The van der Waals surface area contributed by atoms with Crippen LogP contribution in [0.5, 0.6) is 5.75 Å². The largest absolute Gasteiger partial charge is 0.573 e. The number of carbonyl (C=O) groups is 1. The van der Waals surface area contributed by atoms with E-state index in [4.69, 9.17) is 0 Å². The second-order valence-corrected chi connectivity index (χ2v) is 4.80. The van der Waals surface area contributed by atoms with Gasteiger partial charge in [0.05, 0.1) is 5.92 Å². The second kappa shape index (κ2) is 5.70. The van der Waals surface area contributed by atoms with E-state index >= 15 is 0 Å². The molecular formula is C13H15F3N2O2. The van der Waals surface area contributed by atoms with Crippen molar-refractivity contribution in [3.05, 3.63) is 24.3 Å². The number of amides is 1. The fourth-order valence-corrected chi connectivity index (χ4v) is 2.14. The van der Waals surface area contributed by atoms with Crippen LogP contribution in [-0.4, -0.2) is 25.4 Å². The molecule has 0 spiro atoms. The van der Waals surface area contributed by atoms with Gasteiger partial charge >= 0.3 is 6.36 Å². The Morgan fingerprint density at radius 2 is 1.95 bits per heavy atom. The van der Waals surface area contributed by atoms with Crippen LogP contribution in [0, 0.1) is 11.8 Å². The number of carbonyl (C=O) groups excluding carboxylic acids is 1. The molecule has 2 N–H and O–H groups in total. The molecule has 1 aromatic carbocycles. The molecule has 2 unspecified atom stereocenters. The fourth-order valence-electron chi connectivity index (χ4n) is 2.14. The Bertz CT molecular complexity index is 473. The predicted octanol–water partition coefficient (Wildman–Crippen LogP) is 2.38. The molecule has 1 aliphatic heterocycles. The van der Waals surface area contributed by atoms with Crippen LogP contribution in [0.2, 0.25) is 0 Å². The summed E-state index contributed by atoms with van der Waals surface area (Å²) < 4.78 is 39.8. The monoisotopic (exact) mass is 288 g/mol. The van der Waals surface area contributed by atoms with E-state index in [0.29, 0.717) is 12.2 Å². The van der Waals surface area contributed by atoms with Gasteiger partial charge in [-0.05, 0) is 36.7 Å². The van der Waals surface area contributed by atoms with E-state index in [1.165, 1.54) is 24.3 Å². The molecule has 1 aromatic rings. The van der Waals surface area contributed by atoms with Crippen molar-refractivity contribution in [2.75, 3.05) is 18.4 Å². The summed E-state index contributed by atoms with van der Waals surface area (Å²) in [6, 6.07) is 5.09. The summed E-state index contributed by atoms with van der Waals surface area (Å²) in [5, 5.41) is 5.81. The maximum absolute atomic E-state index is 12.0. The number of benzene rings is 1. The molecule has 1 amide bonds. The van der Waals surface area contributed by atoms with Gasteiger partial charge in [-0.25, -0.2) is 0 Å². The molecule has 4 nitrogen and oxygen atoms in total. The molecule has 0 radical (unpaired) electrons. The van der Waals surface area contributed by atoms with Gasteiger partial charge in [0, 0.05) is 12.2 Å². The first kappa shape index (κ1) is 14.6. The SMILES string of the molecule is CC1CNCC1C(=O)Nc1ccc(OC(F)(F)F)cc1. The summed E-state index contributed by atoms with van der Waals surface area (Å²) >= 11 is 0. The molecule has 0 bridgehead atoms. The Balaban J connectivity index is 1.95. The van der Waals surface area contributed by atoms with E-state index in [2.05, 4.69) is 15.4 Å². The number of hydrogen-bond acceptors (Lipinski definition) is 3. The average Bonchev–Trinajstić information content (AvgIpc) is 2.76. The number of nitrogens with one attached hydrogen (secondary N) is 2. The van der Waals surface area contributed by atoms with E-state index in [9.17, 15) is 18.0 Å². The lowest BCUT2D eigenvalue weighted by molar-refractivity contribution is -0.274. The van der Waals surface area contributed by atoms with Gasteiger partial charge in [-0.2, -0.15) is 0 Å². The van der Waals surface area contributed by atoms with Gasteiger partial charge in [0.25, 0.3) is 0 Å². The first-order valence-electron chi connectivity index (χ1n) is 6.22. The van der Waals surface area contributed by atoms with E-state index in [0.717, 1.165) is 6.54 Å². The standard InChI is InChI=1S/C13H15F3N2O2/c1-8-6-17-7-11(8)12(19)18-9-2-4-10(5-3-9)20-13(14,15)16/h2-5,8,11,17H,6-7H2,1H3,(H,18,19). The maximum atomic E-state index is 12.0. The number of rotatable bonds is 3. The summed E-state index contributed by atoms with van der Waals surface area (Å²) in [5.41, 5.74) is 0.448. The van der Waals surface area contributed by atoms with Gasteiger partial charge in [-0.15, -0.1) is 13.2 Å². The molecule has 1 heterocycles. The fraction of sp³-hybridized carbons (Fsp3) is 0.462. The zero-order valence-corrected chi connectivity index (χ0v) is 10.8. The van der Waals surface area contributed by atoms with E-state index < -0.39 is 6.36 Å². The Morgan fingerprint density at radius 3 is 2.45 bits per heavy atom. The van der Waals surface area contributed by atoms with Crippen LogP contribution < -0.4 is 15.4 Å². The van der Waals surface area contributed by atoms with E-state index in [1.54, 1.807) is 0 Å². The molecule has 0 aromatic heterocycles. The molecule has 0 aliphatic carbocycles. The van der Waals surface area contributed by atoms with Crippen molar-refractivity contribution in [1.29, 1.82) is 0 Å². The van der Waals surface area contributed by atoms with Crippen LogP contribution in [0.25, 0.3) is 0 Å². The minimum atomic E-state index is -4.71. The molecular weight excluding hydrogens is 273 g/mol. The summed E-state index contributed by atoms with van der Waals surface area (Å²) in [5.74, 6) is -0.331. The minimum Gasteiger partial charge on any atom is -0.406 e. The van der Waals surface area contributed by atoms with Crippen LogP contribution in [0.4, 0.5) is 18.9 Å². The van der Waals surface area contributed by atoms with Crippen molar-refractivity contribution in [2.24, 2.45) is 11.8 Å². The quantitative estimate of drug-likeness (QED) is 0.898. The third-order valence-corrected chi connectivity index (χ3v) is 3.21. The van der Waals surface area contributed by atoms with Crippen molar-refractivity contribution in [2.45, 2.75) is 13.3 Å². The minimum absolute atomic E-state index is 0.124. The summed E-state index contributed by atoms with van der Waals surface area (Å²) in [4.78, 5) is 12.0. The van der Waals surface area contributed by atoms with Crippen LogP contribution in [-0.2, 0) is 4.79 Å². The molecule has 7 heteroatoms. The molecule has 1 fully saturated rings. The van der Waals surface area contributed by atoms with E-state index in [-0.39, 0.29) is 23.5 Å². The highest BCUT2D eigenvalue weighted by atomic mass is 19.4. The van der Waals surface area contributed by atoms with Crippen LogP contribution >= 0.6 is 0 Å². The van der Waals surface area contributed by atoms with Gasteiger partial charge in [0.2, 0.25) is 5.91 Å². The molecule has 2 atom stereocenters. The van der Waals surface area contributed by atoms with Crippen molar-refractivity contribution < 1.29 is 22.7 Å². The Kier molecular flexibility index (Phi) is 4.17. The normalized spacial score (nSPS) is 22.6. The van der Waals surface area contributed by atoms with Gasteiger partial charge in [-0.1, -0.05) is 6.92 Å². The number of halogens is 3. The molecule has 1 saturated heterocycles. The van der Waals surface area contributed by atoms with Crippen LogP contribution in [0.15, 0.2) is 24.3 Å². The zero-order valence-electron chi connectivity index (χ0n) is 10.8. The van der Waals surface area contributed by atoms with Crippen molar-refractivity contribution in [1.82, 2.24) is 5.32 Å². The van der Waals surface area contributed by atoms with Crippen LogP contribution in [0.3, 0.4) is 0 Å². The predicted molar refractivity (Wildman–Crippen MR) is 67.3 cm³/mol. The second-order valence-electron chi connectivity index (χ2n) is 4.80. The topological polar surface area (TPSA) is 50.4 Å². The Morgan fingerprint density at radius 1 is 1.30 bits per heavy atom. The van der Waals surface area contributed by atoms with Gasteiger partial charge in [-0.3, -0.25) is 4.79 Å². The Hall–Kier alpha value is -1.76. The summed E-state index contributed by atoms with van der Waals surface area (Å²) in [6.45, 7) is 3.38. The molecule has 2 rings (SSSR count). The highest BCUT2D eigenvalue weighted by Gasteiger charge is 2.31.